The molecule has 1 amide bonds. The van der Waals surface area contributed by atoms with Crippen LogP contribution < -0.4 is 10.1 Å². The zero-order chi connectivity index (χ0) is 59.9. The molecular weight excluding hydrogens is 1080 g/mol. The van der Waals surface area contributed by atoms with Gasteiger partial charge in [-0.15, -0.1) is 0 Å². The molecule has 5 aliphatic rings. The van der Waals surface area contributed by atoms with Gasteiger partial charge in [0, 0.05) is 36.8 Å². The lowest BCUT2D eigenvalue weighted by molar-refractivity contribution is -0.344. The number of Topliss-reactive ketones (excluding diaryl/α,β-unsaturated/α-hetero) is 1. The van der Waals surface area contributed by atoms with E-state index in [2.05, 4.69) is 67.6 Å². The molecule has 16 nitrogen and oxygen atoms in total. The quantitative estimate of drug-likeness (QED) is 0.0628. The summed E-state index contributed by atoms with van der Waals surface area (Å²) >= 11 is 0. The molecule has 11 atom stereocenters. The number of hydrogen-bond acceptors (Lipinski definition) is 15. The summed E-state index contributed by atoms with van der Waals surface area (Å²) in [6, 6.07) is 24.5. The Labute approximate surface area is 485 Å². The van der Waals surface area contributed by atoms with E-state index in [0.29, 0.717) is 40.6 Å². The lowest BCUT2D eigenvalue weighted by Gasteiger charge is -2.68. The third-order valence-electron chi connectivity index (χ3n) is 19.4. The third kappa shape index (κ3) is 10.9. The second-order valence-corrected chi connectivity index (χ2v) is 34.9. The van der Waals surface area contributed by atoms with Gasteiger partial charge in [0.1, 0.15) is 36.3 Å². The molecule has 0 aromatic heterocycles. The summed E-state index contributed by atoms with van der Waals surface area (Å²) in [4.78, 5) is 91.3. The van der Waals surface area contributed by atoms with E-state index in [1.54, 1.807) is 113 Å². The molecule has 3 aliphatic carbocycles. The molecule has 3 aromatic rings. The molecule has 3 aromatic carbocycles. The maximum atomic E-state index is 16.9. The highest BCUT2D eigenvalue weighted by atomic mass is 28.4. The topological polar surface area (TPSA) is 209 Å². The van der Waals surface area contributed by atoms with E-state index in [9.17, 15) is 19.5 Å². The van der Waals surface area contributed by atoms with Crippen LogP contribution in [0, 0.1) is 16.7 Å². The lowest BCUT2D eigenvalue weighted by atomic mass is 9.44. The van der Waals surface area contributed by atoms with Gasteiger partial charge in [-0.3, -0.25) is 14.4 Å². The predicted octanol–water partition coefficient (Wildman–Crippen LogP) is 10.9. The average molecular weight is 1160 g/mol. The maximum Gasteiger partial charge on any atom is 0.338 e. The Kier molecular flexibility index (Phi) is 18.3. The van der Waals surface area contributed by atoms with E-state index in [-0.39, 0.29) is 47.4 Å². The first kappa shape index (κ1) is 62.3. The summed E-state index contributed by atoms with van der Waals surface area (Å²) in [5.74, 6) is -5.71. The first-order valence-electron chi connectivity index (χ1n) is 29.3. The van der Waals surface area contributed by atoms with Crippen LogP contribution in [0.2, 0.25) is 34.8 Å². The van der Waals surface area contributed by atoms with Crippen LogP contribution in [0.4, 0.5) is 0 Å². The number of carbonyl (C=O) groups excluding carboxylic acids is 6. The second-order valence-electron chi connectivity index (χ2n) is 24.8. The van der Waals surface area contributed by atoms with Gasteiger partial charge >= 0.3 is 23.9 Å². The summed E-state index contributed by atoms with van der Waals surface area (Å²) in [5.41, 5.74) is -6.63. The Morgan fingerprint density at radius 1 is 0.805 bits per heavy atom. The van der Waals surface area contributed by atoms with E-state index in [1.165, 1.54) is 19.1 Å². The second kappa shape index (κ2) is 24.1. The Balaban J connectivity index is 1.45. The minimum Gasteiger partial charge on any atom is -0.490 e. The monoisotopic (exact) mass is 1160 g/mol. The van der Waals surface area contributed by atoms with E-state index in [1.807, 2.05) is 0 Å². The van der Waals surface area contributed by atoms with E-state index in [0.717, 1.165) is 0 Å². The molecule has 0 radical (unpaired) electrons. The third-order valence-corrected chi connectivity index (χ3v) is 30.1. The van der Waals surface area contributed by atoms with Gasteiger partial charge in [0.05, 0.1) is 35.6 Å². The first-order chi connectivity index (χ1) is 38.7. The molecule has 18 heteroatoms. The van der Waals surface area contributed by atoms with E-state index in [4.69, 9.17) is 37.3 Å². The highest BCUT2D eigenvalue weighted by molar-refractivity contribution is 6.77. The minimum atomic E-state index is -3.13. The fourth-order valence-corrected chi connectivity index (χ4v) is 23.2. The number of benzene rings is 3. The molecule has 2 heterocycles. The van der Waals surface area contributed by atoms with Gasteiger partial charge < -0.3 is 47.7 Å². The minimum absolute atomic E-state index is 0.0491. The smallest absolute Gasteiger partial charge is 0.338 e. The molecule has 82 heavy (non-hydrogen) atoms. The summed E-state index contributed by atoms with van der Waals surface area (Å²) in [6.45, 7) is 26.2. The summed E-state index contributed by atoms with van der Waals surface area (Å²) < 4.78 is 54.6. The standard InChI is InChI=1S/C64H85NO15Si2/c1-15-81(16-2,17-3)79-48-35-49-63(37-74-49)55-57(77-59(70)44-28-22-19-23-29-44)64(72)36-47(41(10)51(61(64,12)13)53(75-42(11)66)56(68)62(48,55)14)76-60(71)54(80-82(38(4)5,39(6)7)40(8)9)52(65-58(69)43-26-20-18-21-27-43)45-30-24-31-46(34-45)73-33-25-32-50(67)78-63/h18-32,34,38-40,47-49,52-55,57,72H,15-17,33,35-37H2,1-14H3,(H,65,69)/b32-25-/t47-,48-,49+,52-,53+,54+,55-,57-,62+,63-,64+/m0/s1. The molecule has 8 rings (SSSR count). The van der Waals surface area contributed by atoms with Crippen molar-refractivity contribution in [2.75, 3.05) is 13.2 Å². The van der Waals surface area contributed by atoms with Crippen LogP contribution in [0.5, 0.6) is 5.75 Å². The maximum absolute atomic E-state index is 16.9. The van der Waals surface area contributed by atoms with Crippen molar-refractivity contribution in [2.24, 2.45) is 16.7 Å². The number of amides is 1. The molecule has 1 spiro atoms. The van der Waals surface area contributed by atoms with Crippen molar-refractivity contribution in [1.29, 1.82) is 0 Å². The highest BCUT2D eigenvalue weighted by Crippen LogP contribution is 2.65. The SMILES string of the molecule is CC[Si](CC)(CC)O[C@H]1C[C@H]2OC[C@]23OC(=O)/C=C\COc2cccc(c2)[C@H](NC(=O)c2ccccc2)[C@@H](O[Si](C(C)C)(C(C)C)C(C)C)C(=O)O[C@H]2C[C@@]4(O)[C@@H](OC(=O)c5ccccc5)[C@H]3[C@]1(C)C(=O)[C@H](OC(C)=O)C(=C2C)C4(C)C. The number of ketones is 1. The van der Waals surface area contributed by atoms with Crippen LogP contribution in [0.15, 0.2) is 108 Å². The number of fused-ring (bicyclic) bond motifs is 4. The van der Waals surface area contributed by atoms with Gasteiger partial charge in [-0.05, 0) is 108 Å². The zero-order valence-corrected chi connectivity index (χ0v) is 52.2. The molecule has 2 aliphatic heterocycles. The molecule has 1 saturated heterocycles. The van der Waals surface area contributed by atoms with Gasteiger partial charge in [0.2, 0.25) is 8.32 Å². The van der Waals surface area contributed by atoms with Gasteiger partial charge in [-0.2, -0.15) is 0 Å². The van der Waals surface area contributed by atoms with E-state index >= 15 is 14.4 Å². The summed E-state index contributed by atoms with van der Waals surface area (Å²) in [5, 5.41) is 17.8. The number of rotatable bonds is 15. The molecule has 3 fully saturated rings. The first-order valence-corrected chi connectivity index (χ1v) is 34.0. The molecule has 444 valence electrons. The number of ether oxygens (including phenoxy) is 6. The van der Waals surface area contributed by atoms with Crippen molar-refractivity contribution in [2.45, 2.75) is 198 Å². The molecule has 2 saturated carbocycles. The Morgan fingerprint density at radius 2 is 1.41 bits per heavy atom. The zero-order valence-electron chi connectivity index (χ0n) is 50.2. The van der Waals surface area contributed by atoms with Crippen molar-refractivity contribution in [3.05, 3.63) is 125 Å². The van der Waals surface area contributed by atoms with Gasteiger partial charge in [-0.1, -0.05) is 125 Å². The molecule has 2 N–H and O–H groups in total. The van der Waals surface area contributed by atoms with Gasteiger partial charge in [-0.25, -0.2) is 14.4 Å². The van der Waals surface area contributed by atoms with Crippen molar-refractivity contribution in [3.8, 4) is 5.75 Å². The van der Waals surface area contributed by atoms with Crippen LogP contribution in [0.1, 0.15) is 142 Å². The van der Waals surface area contributed by atoms with Crippen LogP contribution in [-0.2, 0) is 51.7 Å². The Bertz CT molecular complexity index is 2910. The fourth-order valence-electron chi connectivity index (χ4n) is 14.7. The normalized spacial score (nSPS) is 30.5. The van der Waals surface area contributed by atoms with Gasteiger partial charge in [0.15, 0.2) is 31.9 Å². The highest BCUT2D eigenvalue weighted by Gasteiger charge is 2.79. The van der Waals surface area contributed by atoms with Crippen molar-refractivity contribution in [3.63, 3.8) is 0 Å². The Hall–Kier alpha value is -5.77. The van der Waals surface area contributed by atoms with Crippen molar-refractivity contribution < 1.29 is 71.1 Å². The summed E-state index contributed by atoms with van der Waals surface area (Å²) in [7, 11) is -5.84. The van der Waals surface area contributed by atoms with Crippen LogP contribution in [0.25, 0.3) is 0 Å². The number of hydrogen-bond donors (Lipinski definition) is 2. The lowest BCUT2D eigenvalue weighted by Crippen LogP contribution is -2.82. The number of nitrogens with one attached hydrogen (secondary N) is 1. The van der Waals surface area contributed by atoms with Crippen molar-refractivity contribution >= 4 is 52.2 Å². The predicted molar refractivity (Wildman–Crippen MR) is 313 cm³/mol. The van der Waals surface area contributed by atoms with Gasteiger partial charge in [0.25, 0.3) is 5.91 Å². The van der Waals surface area contributed by atoms with E-state index < -0.39 is 129 Å². The van der Waals surface area contributed by atoms with Crippen molar-refractivity contribution in [1.82, 2.24) is 5.32 Å². The fraction of sp³-hybridized carbons (Fsp3) is 0.562. The van der Waals surface area contributed by atoms with Crippen LogP contribution in [0.3, 0.4) is 0 Å². The average Bonchev–Trinajstić information content (AvgIpc) is 0.730. The molecule has 6 bridgehead atoms. The largest absolute Gasteiger partial charge is 0.490 e. The van der Waals surface area contributed by atoms with Crippen LogP contribution >= 0.6 is 0 Å². The Morgan fingerprint density at radius 3 is 1.98 bits per heavy atom. The number of carbonyl (C=O) groups is 6. The number of esters is 4. The summed E-state index contributed by atoms with van der Waals surface area (Å²) in [6.07, 6.45) is -6.21. The molecule has 0 unspecified atom stereocenters. The number of aliphatic hydroxyl groups is 1. The van der Waals surface area contributed by atoms with Crippen LogP contribution in [-0.4, -0.2) is 118 Å². The molecular formula is C64H85NO15Si2.